The highest BCUT2D eigenvalue weighted by Gasteiger charge is 2.13. The summed E-state index contributed by atoms with van der Waals surface area (Å²) in [6.45, 7) is 2.72. The fourth-order valence-electron chi connectivity index (χ4n) is 1.53. The van der Waals surface area contributed by atoms with E-state index in [0.717, 1.165) is 25.1 Å². The van der Waals surface area contributed by atoms with Gasteiger partial charge in [-0.2, -0.15) is 0 Å². The van der Waals surface area contributed by atoms with Gasteiger partial charge in [-0.25, -0.2) is 23.1 Å². The van der Waals surface area contributed by atoms with Gasteiger partial charge in [0.2, 0.25) is 0 Å². The van der Waals surface area contributed by atoms with Crippen molar-refractivity contribution in [2.24, 2.45) is 0 Å². The third-order valence-corrected chi connectivity index (χ3v) is 2.45. The molecule has 0 saturated heterocycles. The predicted molar refractivity (Wildman–Crippen MR) is 66.1 cm³/mol. The molecular formula is C13H12F3N3. The van der Waals surface area contributed by atoms with Crippen molar-refractivity contribution in [2.45, 2.75) is 13.3 Å². The average molecular weight is 267 g/mol. The van der Waals surface area contributed by atoms with Crippen molar-refractivity contribution in [3.8, 4) is 11.4 Å². The van der Waals surface area contributed by atoms with E-state index in [2.05, 4.69) is 15.3 Å². The van der Waals surface area contributed by atoms with E-state index in [0.29, 0.717) is 5.82 Å². The highest BCUT2D eigenvalue weighted by Crippen LogP contribution is 2.21. The monoisotopic (exact) mass is 267 g/mol. The summed E-state index contributed by atoms with van der Waals surface area (Å²) in [5.41, 5.74) is 0.0940. The summed E-state index contributed by atoms with van der Waals surface area (Å²) in [7, 11) is 0. The molecule has 1 heterocycles. The molecule has 0 aliphatic carbocycles. The molecule has 0 unspecified atom stereocenters. The molecule has 1 aromatic carbocycles. The topological polar surface area (TPSA) is 37.8 Å². The van der Waals surface area contributed by atoms with Gasteiger partial charge in [0.15, 0.2) is 23.3 Å². The van der Waals surface area contributed by atoms with E-state index in [4.69, 9.17) is 0 Å². The first-order chi connectivity index (χ1) is 9.11. The molecule has 100 valence electrons. The Morgan fingerprint density at radius 1 is 1.16 bits per heavy atom. The van der Waals surface area contributed by atoms with Gasteiger partial charge in [0.1, 0.15) is 5.82 Å². The predicted octanol–water partition coefficient (Wildman–Crippen LogP) is 3.38. The molecule has 0 saturated carbocycles. The highest BCUT2D eigenvalue weighted by molar-refractivity contribution is 5.57. The Kier molecular flexibility index (Phi) is 3.99. The Bertz CT molecular complexity index is 564. The van der Waals surface area contributed by atoms with Crippen LogP contribution in [-0.2, 0) is 0 Å². The molecule has 0 amide bonds. The molecule has 19 heavy (non-hydrogen) atoms. The first kappa shape index (κ1) is 13.3. The van der Waals surface area contributed by atoms with Crippen LogP contribution in [0.25, 0.3) is 11.4 Å². The normalized spacial score (nSPS) is 10.5. The zero-order valence-corrected chi connectivity index (χ0v) is 10.3. The summed E-state index contributed by atoms with van der Waals surface area (Å²) in [6.07, 6.45) is 2.39. The molecule has 0 bridgehead atoms. The maximum atomic E-state index is 13.1. The Morgan fingerprint density at radius 2 is 1.84 bits per heavy atom. The lowest BCUT2D eigenvalue weighted by Gasteiger charge is -2.06. The lowest BCUT2D eigenvalue weighted by atomic mass is 10.2. The fourth-order valence-corrected chi connectivity index (χ4v) is 1.53. The van der Waals surface area contributed by atoms with Gasteiger partial charge in [-0.05, 0) is 24.6 Å². The van der Waals surface area contributed by atoms with E-state index < -0.39 is 17.5 Å². The average Bonchev–Trinajstić information content (AvgIpc) is 2.42. The van der Waals surface area contributed by atoms with Crippen molar-refractivity contribution < 1.29 is 13.2 Å². The van der Waals surface area contributed by atoms with E-state index >= 15 is 0 Å². The minimum absolute atomic E-state index is 0.0940. The summed E-state index contributed by atoms with van der Waals surface area (Å²) in [5.74, 6) is -3.32. The fraction of sp³-hybridized carbons (Fsp3) is 0.231. The Hall–Kier alpha value is -2.11. The summed E-state index contributed by atoms with van der Waals surface area (Å²) in [6, 6.07) is 3.39. The van der Waals surface area contributed by atoms with E-state index in [9.17, 15) is 13.2 Å². The number of anilines is 1. The van der Waals surface area contributed by atoms with Gasteiger partial charge in [0.05, 0.1) is 0 Å². The molecule has 1 N–H and O–H groups in total. The quantitative estimate of drug-likeness (QED) is 0.863. The molecule has 0 fully saturated rings. The zero-order valence-electron chi connectivity index (χ0n) is 10.3. The molecule has 0 spiro atoms. The van der Waals surface area contributed by atoms with Crippen LogP contribution in [-0.4, -0.2) is 16.5 Å². The lowest BCUT2D eigenvalue weighted by Crippen LogP contribution is -2.03. The minimum Gasteiger partial charge on any atom is -0.370 e. The number of aromatic nitrogens is 2. The number of halogens is 3. The summed E-state index contributed by atoms with van der Waals surface area (Å²) < 4.78 is 39.2. The summed E-state index contributed by atoms with van der Waals surface area (Å²) in [5, 5.41) is 3.03. The van der Waals surface area contributed by atoms with Crippen LogP contribution >= 0.6 is 0 Å². The molecule has 0 atom stereocenters. The Morgan fingerprint density at radius 3 is 2.47 bits per heavy atom. The van der Waals surface area contributed by atoms with Crippen LogP contribution in [0.5, 0.6) is 0 Å². The van der Waals surface area contributed by atoms with Crippen molar-refractivity contribution in [3.63, 3.8) is 0 Å². The van der Waals surface area contributed by atoms with Crippen LogP contribution in [0.4, 0.5) is 19.0 Å². The smallest absolute Gasteiger partial charge is 0.194 e. The Labute approximate surface area is 108 Å². The Balaban J connectivity index is 2.36. The molecule has 6 heteroatoms. The third kappa shape index (κ3) is 3.01. The number of rotatable bonds is 4. The van der Waals surface area contributed by atoms with Gasteiger partial charge in [0, 0.05) is 18.3 Å². The van der Waals surface area contributed by atoms with Gasteiger partial charge in [-0.15, -0.1) is 0 Å². The SMILES string of the molecule is CCCNc1ccnc(-c2cc(F)c(F)c(F)c2)n1. The van der Waals surface area contributed by atoms with Crippen molar-refractivity contribution in [1.29, 1.82) is 0 Å². The highest BCUT2D eigenvalue weighted by atomic mass is 19.2. The number of nitrogens with zero attached hydrogens (tertiary/aromatic N) is 2. The van der Waals surface area contributed by atoms with Crippen molar-refractivity contribution >= 4 is 5.82 Å². The first-order valence-corrected chi connectivity index (χ1v) is 5.83. The first-order valence-electron chi connectivity index (χ1n) is 5.83. The van der Waals surface area contributed by atoms with E-state index in [1.807, 2.05) is 6.92 Å². The molecule has 0 aliphatic rings. The lowest BCUT2D eigenvalue weighted by molar-refractivity contribution is 0.447. The summed E-state index contributed by atoms with van der Waals surface area (Å²) >= 11 is 0. The summed E-state index contributed by atoms with van der Waals surface area (Å²) in [4.78, 5) is 8.04. The van der Waals surface area contributed by atoms with Crippen molar-refractivity contribution in [1.82, 2.24) is 9.97 Å². The molecule has 3 nitrogen and oxygen atoms in total. The number of hydrogen-bond acceptors (Lipinski definition) is 3. The maximum Gasteiger partial charge on any atom is 0.194 e. The molecular weight excluding hydrogens is 255 g/mol. The van der Waals surface area contributed by atoms with E-state index in [-0.39, 0.29) is 11.4 Å². The molecule has 1 aromatic heterocycles. The largest absolute Gasteiger partial charge is 0.370 e. The number of nitrogens with one attached hydrogen (secondary N) is 1. The second-order valence-corrected chi connectivity index (χ2v) is 3.95. The van der Waals surface area contributed by atoms with Crippen LogP contribution < -0.4 is 5.32 Å². The zero-order chi connectivity index (χ0) is 13.8. The van der Waals surface area contributed by atoms with Gasteiger partial charge < -0.3 is 5.32 Å². The minimum atomic E-state index is -1.50. The molecule has 2 aromatic rings. The van der Waals surface area contributed by atoms with Crippen molar-refractivity contribution in [2.75, 3.05) is 11.9 Å². The molecule has 0 aliphatic heterocycles. The van der Waals surface area contributed by atoms with Crippen LogP contribution in [0.15, 0.2) is 24.4 Å². The van der Waals surface area contributed by atoms with Gasteiger partial charge in [0.25, 0.3) is 0 Å². The van der Waals surface area contributed by atoms with Crippen molar-refractivity contribution in [3.05, 3.63) is 41.8 Å². The standard InChI is InChI=1S/C13H12F3N3/c1-2-4-17-11-3-5-18-13(19-11)8-6-9(14)12(16)10(15)7-8/h3,5-7H,2,4H2,1H3,(H,17,18,19). The van der Waals surface area contributed by atoms with Crippen LogP contribution in [0, 0.1) is 17.5 Å². The van der Waals surface area contributed by atoms with Gasteiger partial charge >= 0.3 is 0 Å². The third-order valence-electron chi connectivity index (χ3n) is 2.45. The molecule has 0 radical (unpaired) electrons. The van der Waals surface area contributed by atoms with E-state index in [1.165, 1.54) is 6.20 Å². The van der Waals surface area contributed by atoms with Gasteiger partial charge in [-0.3, -0.25) is 0 Å². The second-order valence-electron chi connectivity index (χ2n) is 3.95. The van der Waals surface area contributed by atoms with Crippen LogP contribution in [0.3, 0.4) is 0 Å². The van der Waals surface area contributed by atoms with Crippen LogP contribution in [0.2, 0.25) is 0 Å². The number of hydrogen-bond donors (Lipinski definition) is 1. The maximum absolute atomic E-state index is 13.1. The van der Waals surface area contributed by atoms with Crippen LogP contribution in [0.1, 0.15) is 13.3 Å². The van der Waals surface area contributed by atoms with E-state index in [1.54, 1.807) is 6.07 Å². The second kappa shape index (κ2) is 5.69. The number of benzene rings is 1. The molecule has 2 rings (SSSR count). The van der Waals surface area contributed by atoms with Gasteiger partial charge in [-0.1, -0.05) is 6.92 Å².